The summed E-state index contributed by atoms with van der Waals surface area (Å²) >= 11 is 0. The fraction of sp³-hybridized carbons (Fsp3) is 0.286. The summed E-state index contributed by atoms with van der Waals surface area (Å²) in [6.45, 7) is 8.67. The van der Waals surface area contributed by atoms with E-state index in [1.54, 1.807) is 0 Å². The van der Waals surface area contributed by atoms with Gasteiger partial charge in [-0.3, -0.25) is 0 Å². The minimum atomic E-state index is 0.944. The number of aromatic amines is 1. The summed E-state index contributed by atoms with van der Waals surface area (Å²) in [7, 11) is 0. The molecule has 0 bridgehead atoms. The van der Waals surface area contributed by atoms with E-state index in [2.05, 4.69) is 70.9 Å². The third-order valence-corrected chi connectivity index (χ3v) is 4.98. The molecule has 25 heavy (non-hydrogen) atoms. The van der Waals surface area contributed by atoms with E-state index in [-0.39, 0.29) is 0 Å². The Balaban J connectivity index is 1.76. The molecule has 0 spiro atoms. The van der Waals surface area contributed by atoms with Gasteiger partial charge >= 0.3 is 0 Å². The molecule has 0 aliphatic carbocycles. The largest absolute Gasteiger partial charge is 0.345 e. The highest BCUT2D eigenvalue weighted by molar-refractivity contribution is 5.96. The molecule has 2 aromatic heterocycles. The van der Waals surface area contributed by atoms with Gasteiger partial charge in [-0.25, -0.2) is 4.98 Å². The van der Waals surface area contributed by atoms with E-state index in [4.69, 9.17) is 4.98 Å². The van der Waals surface area contributed by atoms with Crippen molar-refractivity contribution in [3.63, 3.8) is 0 Å². The van der Waals surface area contributed by atoms with E-state index in [1.807, 2.05) is 12.1 Å². The fourth-order valence-corrected chi connectivity index (χ4v) is 3.49. The van der Waals surface area contributed by atoms with Gasteiger partial charge < -0.3 is 14.5 Å². The molecule has 0 unspecified atom stereocenters. The second-order valence-corrected chi connectivity index (χ2v) is 6.38. The van der Waals surface area contributed by atoms with E-state index < -0.39 is 0 Å². The minimum Gasteiger partial charge on any atom is -0.345 e. The molecular weight excluding hydrogens is 308 g/mol. The number of nitrogens with zero attached hydrogens (tertiary/aromatic N) is 3. The third kappa shape index (κ3) is 2.94. The lowest BCUT2D eigenvalue weighted by Gasteiger charge is -2.18. The number of benzene rings is 2. The van der Waals surface area contributed by atoms with Crippen LogP contribution in [0, 0.1) is 0 Å². The monoisotopic (exact) mass is 332 g/mol. The lowest BCUT2D eigenvalue weighted by molar-refractivity contribution is 0.292. The number of aromatic nitrogens is 3. The first kappa shape index (κ1) is 15.9. The van der Waals surface area contributed by atoms with Crippen molar-refractivity contribution in [2.45, 2.75) is 20.4 Å². The van der Waals surface area contributed by atoms with Crippen LogP contribution in [0.5, 0.6) is 0 Å². The van der Waals surface area contributed by atoms with Crippen LogP contribution in [-0.2, 0) is 6.54 Å². The molecule has 4 nitrogen and oxygen atoms in total. The zero-order valence-electron chi connectivity index (χ0n) is 14.9. The van der Waals surface area contributed by atoms with Gasteiger partial charge in [0.05, 0.1) is 11.0 Å². The second-order valence-electron chi connectivity index (χ2n) is 6.38. The number of H-pyrrole nitrogens is 1. The van der Waals surface area contributed by atoms with Crippen molar-refractivity contribution in [2.75, 3.05) is 19.6 Å². The van der Waals surface area contributed by atoms with Crippen LogP contribution in [-0.4, -0.2) is 39.1 Å². The predicted octanol–water partition coefficient (Wildman–Crippen LogP) is 4.53. The van der Waals surface area contributed by atoms with Crippen LogP contribution in [0.25, 0.3) is 33.3 Å². The average molecular weight is 332 g/mol. The number of para-hydroxylation sites is 3. The lowest BCUT2D eigenvalue weighted by Crippen LogP contribution is -2.26. The predicted molar refractivity (Wildman–Crippen MR) is 105 cm³/mol. The number of nitrogens with one attached hydrogen (secondary N) is 1. The summed E-state index contributed by atoms with van der Waals surface area (Å²) in [6.07, 6.45) is 2.24. The number of imidazole rings is 1. The topological polar surface area (TPSA) is 36.9 Å². The minimum absolute atomic E-state index is 0.944. The Labute approximate surface area is 148 Å². The molecule has 128 valence electrons. The molecule has 0 aliphatic heterocycles. The van der Waals surface area contributed by atoms with Crippen LogP contribution in [0.1, 0.15) is 13.8 Å². The Hall–Kier alpha value is -2.59. The number of rotatable bonds is 6. The van der Waals surface area contributed by atoms with Gasteiger partial charge in [0.2, 0.25) is 0 Å². The van der Waals surface area contributed by atoms with Gasteiger partial charge in [-0.05, 0) is 31.3 Å². The van der Waals surface area contributed by atoms with Crippen LogP contribution in [0.15, 0.2) is 54.7 Å². The number of likely N-dealkylation sites (N-methyl/N-ethyl adjacent to an activating group) is 1. The maximum atomic E-state index is 4.79. The van der Waals surface area contributed by atoms with Crippen LogP contribution < -0.4 is 0 Å². The molecule has 2 aromatic carbocycles. The van der Waals surface area contributed by atoms with Crippen molar-refractivity contribution in [3.05, 3.63) is 54.7 Å². The summed E-state index contributed by atoms with van der Waals surface area (Å²) in [5.41, 5.74) is 4.53. The van der Waals surface area contributed by atoms with Crippen molar-refractivity contribution in [3.8, 4) is 11.4 Å². The standard InChI is InChI=1S/C21H24N4/c1-3-24(4-2)13-14-25-15-17(16-9-5-8-12-20(16)25)21-22-18-10-6-7-11-19(18)23-21/h5-12,15H,3-4,13-14H2,1-2H3,(H,22,23). The Morgan fingerprint density at radius 2 is 1.76 bits per heavy atom. The van der Waals surface area contributed by atoms with Crippen molar-refractivity contribution in [1.29, 1.82) is 0 Å². The second kappa shape index (κ2) is 6.73. The molecule has 4 aromatic rings. The molecule has 4 rings (SSSR count). The van der Waals surface area contributed by atoms with E-state index in [1.165, 1.54) is 16.5 Å². The van der Waals surface area contributed by atoms with Crippen molar-refractivity contribution < 1.29 is 0 Å². The van der Waals surface area contributed by atoms with Gasteiger partial charge in [0.15, 0.2) is 0 Å². The molecule has 1 N–H and O–H groups in total. The van der Waals surface area contributed by atoms with E-state index in [0.717, 1.165) is 43.0 Å². The first-order chi connectivity index (χ1) is 12.3. The molecule has 4 heteroatoms. The number of hydrogen-bond donors (Lipinski definition) is 1. The zero-order valence-corrected chi connectivity index (χ0v) is 14.9. The molecular formula is C21H24N4. The SMILES string of the molecule is CCN(CC)CCn1cc(-c2nc3ccccc3[nH]2)c2ccccc21. The molecule has 2 heterocycles. The van der Waals surface area contributed by atoms with Crippen LogP contribution in [0.2, 0.25) is 0 Å². The summed E-state index contributed by atoms with van der Waals surface area (Å²) < 4.78 is 2.36. The zero-order chi connectivity index (χ0) is 17.2. The first-order valence-electron chi connectivity index (χ1n) is 9.05. The molecule has 0 fully saturated rings. The van der Waals surface area contributed by atoms with Crippen LogP contribution in [0.3, 0.4) is 0 Å². The molecule has 0 atom stereocenters. The van der Waals surface area contributed by atoms with Gasteiger partial charge in [0, 0.05) is 35.8 Å². The van der Waals surface area contributed by atoms with Gasteiger partial charge in [0.1, 0.15) is 5.82 Å². The van der Waals surface area contributed by atoms with Gasteiger partial charge in [-0.1, -0.05) is 44.2 Å². The molecule has 0 amide bonds. The van der Waals surface area contributed by atoms with E-state index in [9.17, 15) is 0 Å². The van der Waals surface area contributed by atoms with Gasteiger partial charge in [0.25, 0.3) is 0 Å². The number of fused-ring (bicyclic) bond motifs is 2. The third-order valence-electron chi connectivity index (χ3n) is 4.98. The van der Waals surface area contributed by atoms with Gasteiger partial charge in [-0.15, -0.1) is 0 Å². The van der Waals surface area contributed by atoms with Crippen LogP contribution in [0.4, 0.5) is 0 Å². The number of hydrogen-bond acceptors (Lipinski definition) is 2. The lowest BCUT2D eigenvalue weighted by atomic mass is 10.2. The Morgan fingerprint density at radius 3 is 2.56 bits per heavy atom. The molecule has 0 aliphatic rings. The normalized spacial score (nSPS) is 11.8. The van der Waals surface area contributed by atoms with E-state index >= 15 is 0 Å². The smallest absolute Gasteiger partial charge is 0.140 e. The first-order valence-corrected chi connectivity index (χ1v) is 9.05. The Kier molecular flexibility index (Phi) is 4.28. The molecule has 0 saturated carbocycles. The maximum absolute atomic E-state index is 4.79. The van der Waals surface area contributed by atoms with Crippen molar-refractivity contribution >= 4 is 21.9 Å². The van der Waals surface area contributed by atoms with Crippen LogP contribution >= 0.6 is 0 Å². The highest BCUT2D eigenvalue weighted by atomic mass is 15.1. The quantitative estimate of drug-likeness (QED) is 0.563. The highest BCUT2D eigenvalue weighted by Crippen LogP contribution is 2.30. The van der Waals surface area contributed by atoms with Crippen molar-refractivity contribution in [1.82, 2.24) is 19.4 Å². The summed E-state index contributed by atoms with van der Waals surface area (Å²) in [6, 6.07) is 16.8. The molecule has 0 radical (unpaired) electrons. The Morgan fingerprint density at radius 1 is 1.00 bits per heavy atom. The maximum Gasteiger partial charge on any atom is 0.140 e. The molecule has 0 saturated heterocycles. The van der Waals surface area contributed by atoms with E-state index in [0.29, 0.717) is 0 Å². The average Bonchev–Trinajstić information content (AvgIpc) is 3.24. The van der Waals surface area contributed by atoms with Crippen molar-refractivity contribution in [2.24, 2.45) is 0 Å². The van der Waals surface area contributed by atoms with Gasteiger partial charge in [-0.2, -0.15) is 0 Å². The summed E-state index contributed by atoms with van der Waals surface area (Å²) in [5, 5.41) is 1.25. The fourth-order valence-electron chi connectivity index (χ4n) is 3.49. The Bertz CT molecular complexity index is 958. The summed E-state index contributed by atoms with van der Waals surface area (Å²) in [4.78, 5) is 10.7. The summed E-state index contributed by atoms with van der Waals surface area (Å²) in [5.74, 6) is 0.944. The highest BCUT2D eigenvalue weighted by Gasteiger charge is 2.13.